The fourth-order valence-corrected chi connectivity index (χ4v) is 4.26. The van der Waals surface area contributed by atoms with E-state index in [9.17, 15) is 9.90 Å². The number of fused-ring (bicyclic) bond motifs is 2. The lowest BCUT2D eigenvalue weighted by atomic mass is 9.87. The number of ether oxygens (including phenoxy) is 2. The number of hydrogen-bond acceptors (Lipinski definition) is 6. The van der Waals surface area contributed by atoms with E-state index in [0.717, 1.165) is 42.9 Å². The Balaban J connectivity index is 1.31. The molecule has 1 fully saturated rings. The average Bonchev–Trinajstić information content (AvgIpc) is 3.33. The molecular formula is C19H22N4O4. The number of likely N-dealkylation sites (tertiary alicyclic amines) is 1. The maximum atomic E-state index is 12.9. The van der Waals surface area contributed by atoms with Gasteiger partial charge in [-0.05, 0) is 37.0 Å². The Hall–Kier alpha value is -2.61. The number of benzene rings is 1. The third-order valence-corrected chi connectivity index (χ3v) is 5.74. The van der Waals surface area contributed by atoms with Gasteiger partial charge >= 0.3 is 0 Å². The second-order valence-electron chi connectivity index (χ2n) is 7.37. The zero-order valence-electron chi connectivity index (χ0n) is 15.0. The van der Waals surface area contributed by atoms with Gasteiger partial charge in [-0.2, -0.15) is 0 Å². The highest BCUT2D eigenvalue weighted by atomic mass is 16.7. The Bertz CT molecular complexity index is 881. The molecular weight excluding hydrogens is 348 g/mol. The summed E-state index contributed by atoms with van der Waals surface area (Å²) in [5.41, 5.74) is 1.01. The molecule has 1 amide bonds. The molecule has 0 bridgehead atoms. The van der Waals surface area contributed by atoms with Crippen LogP contribution < -0.4 is 9.47 Å². The molecule has 3 aliphatic heterocycles. The maximum absolute atomic E-state index is 12.9. The summed E-state index contributed by atoms with van der Waals surface area (Å²) in [6, 6.07) is 5.78. The number of rotatable bonds is 2. The third-order valence-electron chi connectivity index (χ3n) is 5.74. The van der Waals surface area contributed by atoms with Gasteiger partial charge in [-0.15, -0.1) is 10.2 Å². The van der Waals surface area contributed by atoms with Gasteiger partial charge in [0, 0.05) is 32.0 Å². The number of aryl methyl sites for hydroxylation is 1. The Morgan fingerprint density at radius 3 is 2.93 bits per heavy atom. The van der Waals surface area contributed by atoms with Gasteiger partial charge in [-0.1, -0.05) is 6.07 Å². The summed E-state index contributed by atoms with van der Waals surface area (Å²) in [7, 11) is 0. The standard InChI is InChI=1S/C19H22N4O4/c24-14-10-22(19(25)18-21-20-17-3-1-2-7-23(17)18)8-6-13(14)12-4-5-15-16(9-12)27-11-26-15/h4-5,9,13-14,24H,1-3,6-8,10-11H2/t13-,14+/m0/s1. The lowest BCUT2D eigenvalue weighted by molar-refractivity contribution is 0.0368. The lowest BCUT2D eigenvalue weighted by Crippen LogP contribution is -2.46. The van der Waals surface area contributed by atoms with Crippen LogP contribution in [0, 0.1) is 0 Å². The van der Waals surface area contributed by atoms with Crippen LogP contribution in [0.15, 0.2) is 18.2 Å². The van der Waals surface area contributed by atoms with Crippen LogP contribution in [0.2, 0.25) is 0 Å². The molecule has 2 aromatic rings. The van der Waals surface area contributed by atoms with Gasteiger partial charge < -0.3 is 24.0 Å². The summed E-state index contributed by atoms with van der Waals surface area (Å²) in [5, 5.41) is 19.0. The highest BCUT2D eigenvalue weighted by Crippen LogP contribution is 2.37. The van der Waals surface area contributed by atoms with E-state index in [0.29, 0.717) is 31.1 Å². The number of hydrogen-bond donors (Lipinski definition) is 1. The van der Waals surface area contributed by atoms with Gasteiger partial charge in [0.1, 0.15) is 5.82 Å². The summed E-state index contributed by atoms with van der Waals surface area (Å²) in [6.45, 7) is 1.90. The molecule has 3 aliphatic rings. The van der Waals surface area contributed by atoms with Gasteiger partial charge in [-0.25, -0.2) is 0 Å². The molecule has 1 N–H and O–H groups in total. The number of aliphatic hydroxyl groups is 1. The minimum Gasteiger partial charge on any atom is -0.454 e. The van der Waals surface area contributed by atoms with Gasteiger partial charge in [0.2, 0.25) is 12.6 Å². The van der Waals surface area contributed by atoms with Crippen LogP contribution >= 0.6 is 0 Å². The molecule has 1 aromatic carbocycles. The number of aromatic nitrogens is 3. The highest BCUT2D eigenvalue weighted by molar-refractivity contribution is 5.91. The lowest BCUT2D eigenvalue weighted by Gasteiger charge is -2.36. The molecule has 142 valence electrons. The second-order valence-corrected chi connectivity index (χ2v) is 7.37. The number of carbonyl (C=O) groups excluding carboxylic acids is 1. The molecule has 4 heterocycles. The van der Waals surface area contributed by atoms with Crippen molar-refractivity contribution in [1.29, 1.82) is 0 Å². The van der Waals surface area contributed by atoms with E-state index >= 15 is 0 Å². The molecule has 2 atom stereocenters. The Kier molecular flexibility index (Phi) is 4.00. The molecule has 5 rings (SSSR count). The number of piperidine rings is 1. The fourth-order valence-electron chi connectivity index (χ4n) is 4.26. The third kappa shape index (κ3) is 2.84. The molecule has 0 spiro atoms. The minimum absolute atomic E-state index is 0.0316. The number of carbonyl (C=O) groups is 1. The number of β-amino-alcohol motifs (C(OH)–C–C–N with tert-alkyl or cyclic N) is 1. The van der Waals surface area contributed by atoms with Crippen molar-refractivity contribution >= 4 is 5.91 Å². The molecule has 1 aromatic heterocycles. The summed E-state index contributed by atoms with van der Waals surface area (Å²) in [4.78, 5) is 14.6. The van der Waals surface area contributed by atoms with Crippen LogP contribution in [-0.2, 0) is 13.0 Å². The van der Waals surface area contributed by atoms with Crippen molar-refractivity contribution in [2.75, 3.05) is 19.9 Å². The quantitative estimate of drug-likeness (QED) is 0.858. The van der Waals surface area contributed by atoms with Crippen LogP contribution in [-0.4, -0.2) is 56.7 Å². The molecule has 8 nitrogen and oxygen atoms in total. The first kappa shape index (κ1) is 16.6. The highest BCUT2D eigenvalue weighted by Gasteiger charge is 2.34. The van der Waals surface area contributed by atoms with E-state index in [1.807, 2.05) is 22.8 Å². The van der Waals surface area contributed by atoms with Crippen molar-refractivity contribution in [3.8, 4) is 11.5 Å². The minimum atomic E-state index is -0.633. The Labute approximate surface area is 156 Å². The average molecular weight is 370 g/mol. The zero-order valence-corrected chi connectivity index (χ0v) is 15.0. The van der Waals surface area contributed by atoms with Crippen LogP contribution in [0.1, 0.15) is 47.2 Å². The molecule has 8 heteroatoms. The summed E-state index contributed by atoms with van der Waals surface area (Å²) in [6.07, 6.45) is 3.06. The topological polar surface area (TPSA) is 89.7 Å². The van der Waals surface area contributed by atoms with Crippen molar-refractivity contribution in [3.63, 3.8) is 0 Å². The summed E-state index contributed by atoms with van der Waals surface area (Å²) >= 11 is 0. The van der Waals surface area contributed by atoms with Crippen LogP contribution in [0.4, 0.5) is 0 Å². The predicted molar refractivity (Wildman–Crippen MR) is 94.8 cm³/mol. The Morgan fingerprint density at radius 2 is 2.04 bits per heavy atom. The van der Waals surface area contributed by atoms with Gasteiger partial charge in [0.05, 0.1) is 6.10 Å². The molecule has 0 unspecified atom stereocenters. The van der Waals surface area contributed by atoms with E-state index in [-0.39, 0.29) is 18.6 Å². The van der Waals surface area contributed by atoms with Gasteiger partial charge in [0.15, 0.2) is 11.5 Å². The number of amides is 1. The van der Waals surface area contributed by atoms with Crippen molar-refractivity contribution in [1.82, 2.24) is 19.7 Å². The van der Waals surface area contributed by atoms with E-state index < -0.39 is 6.10 Å². The van der Waals surface area contributed by atoms with E-state index in [1.54, 1.807) is 4.90 Å². The second kappa shape index (κ2) is 6.53. The van der Waals surface area contributed by atoms with E-state index in [2.05, 4.69) is 10.2 Å². The molecule has 0 radical (unpaired) electrons. The molecule has 0 saturated carbocycles. The maximum Gasteiger partial charge on any atom is 0.291 e. The predicted octanol–water partition coefficient (Wildman–Crippen LogP) is 1.33. The van der Waals surface area contributed by atoms with Crippen LogP contribution in [0.5, 0.6) is 11.5 Å². The first-order valence-corrected chi connectivity index (χ1v) is 9.49. The van der Waals surface area contributed by atoms with Crippen LogP contribution in [0.25, 0.3) is 0 Å². The smallest absolute Gasteiger partial charge is 0.291 e. The largest absolute Gasteiger partial charge is 0.454 e. The zero-order chi connectivity index (χ0) is 18.4. The monoisotopic (exact) mass is 370 g/mol. The summed E-state index contributed by atoms with van der Waals surface area (Å²) < 4.78 is 12.7. The van der Waals surface area contributed by atoms with Crippen molar-refractivity contribution in [3.05, 3.63) is 35.4 Å². The van der Waals surface area contributed by atoms with Gasteiger partial charge in [-0.3, -0.25) is 4.79 Å². The molecule has 0 aliphatic carbocycles. The van der Waals surface area contributed by atoms with Crippen molar-refractivity contribution in [2.24, 2.45) is 0 Å². The fraction of sp³-hybridized carbons (Fsp3) is 0.526. The molecule has 1 saturated heterocycles. The SMILES string of the molecule is O=C(c1nnc2n1CCCC2)N1CC[C@@H](c2ccc3c(c2)OCO3)[C@H](O)C1. The first-order valence-electron chi connectivity index (χ1n) is 9.49. The normalized spacial score (nSPS) is 24.0. The van der Waals surface area contributed by atoms with Gasteiger partial charge in [0.25, 0.3) is 5.91 Å². The number of aliphatic hydroxyl groups excluding tert-OH is 1. The van der Waals surface area contributed by atoms with Crippen molar-refractivity contribution in [2.45, 2.75) is 44.2 Å². The Morgan fingerprint density at radius 1 is 1.15 bits per heavy atom. The molecule has 27 heavy (non-hydrogen) atoms. The summed E-state index contributed by atoms with van der Waals surface area (Å²) in [5.74, 6) is 2.57. The van der Waals surface area contributed by atoms with Crippen LogP contribution in [0.3, 0.4) is 0 Å². The van der Waals surface area contributed by atoms with Crippen molar-refractivity contribution < 1.29 is 19.4 Å². The van der Waals surface area contributed by atoms with E-state index in [4.69, 9.17) is 9.47 Å². The first-order chi connectivity index (χ1) is 13.2. The number of nitrogens with zero attached hydrogens (tertiary/aromatic N) is 4. The van der Waals surface area contributed by atoms with E-state index in [1.165, 1.54) is 0 Å².